The lowest BCUT2D eigenvalue weighted by Crippen LogP contribution is -2.43. The molecule has 4 heteroatoms. The van der Waals surface area contributed by atoms with E-state index in [-0.39, 0.29) is 17.9 Å². The van der Waals surface area contributed by atoms with Gasteiger partial charge in [-0.1, -0.05) is 88.7 Å². The van der Waals surface area contributed by atoms with Gasteiger partial charge in [0.25, 0.3) is 0 Å². The monoisotopic (exact) mass is 462 g/mol. The predicted octanol–water partition coefficient (Wildman–Crippen LogP) is 5.57. The molecule has 0 bridgehead atoms. The summed E-state index contributed by atoms with van der Waals surface area (Å²) in [6, 6.07) is 28.8. The highest BCUT2D eigenvalue weighted by atomic mass is 79.9. The number of hydrogen-bond donors (Lipinski definition) is 1. The minimum atomic E-state index is -0.123. The number of amides is 1. The standard InChI is InChI=1S/C26H27BrN2O/c27-24-15-13-20(14-16-24)18-29-17-7-12-23(19-29)26(30)28-25(21-8-3-1-4-9-21)22-10-5-2-6-11-22/h1-6,8-11,13-16,23,25H,7,12,17-19H2,(H,28,30). The van der Waals surface area contributed by atoms with Crippen molar-refractivity contribution >= 4 is 21.8 Å². The molecule has 3 nitrogen and oxygen atoms in total. The van der Waals surface area contributed by atoms with Crippen LogP contribution in [0.25, 0.3) is 0 Å². The summed E-state index contributed by atoms with van der Waals surface area (Å²) in [5.41, 5.74) is 3.50. The maximum Gasteiger partial charge on any atom is 0.225 e. The third-order valence-electron chi connectivity index (χ3n) is 5.75. The molecule has 1 unspecified atom stereocenters. The fourth-order valence-electron chi connectivity index (χ4n) is 4.17. The van der Waals surface area contributed by atoms with E-state index in [2.05, 4.69) is 74.7 Å². The minimum absolute atomic E-state index is 0.0177. The van der Waals surface area contributed by atoms with Crippen molar-refractivity contribution in [2.45, 2.75) is 25.4 Å². The lowest BCUT2D eigenvalue weighted by molar-refractivity contribution is -0.127. The van der Waals surface area contributed by atoms with Gasteiger partial charge >= 0.3 is 0 Å². The quantitative estimate of drug-likeness (QED) is 0.519. The third kappa shape index (κ3) is 5.38. The van der Waals surface area contributed by atoms with Crippen LogP contribution in [0.15, 0.2) is 89.4 Å². The molecule has 1 amide bonds. The molecule has 0 aromatic heterocycles. The van der Waals surface area contributed by atoms with Gasteiger partial charge in [-0.25, -0.2) is 0 Å². The molecule has 1 aliphatic rings. The SMILES string of the molecule is O=C(NC(c1ccccc1)c1ccccc1)C1CCCN(Cc2ccc(Br)cc2)C1. The first-order valence-electron chi connectivity index (χ1n) is 10.6. The number of piperidine rings is 1. The van der Waals surface area contributed by atoms with E-state index in [1.54, 1.807) is 0 Å². The zero-order valence-corrected chi connectivity index (χ0v) is 18.6. The van der Waals surface area contributed by atoms with E-state index < -0.39 is 0 Å². The first-order chi connectivity index (χ1) is 14.7. The van der Waals surface area contributed by atoms with Crippen LogP contribution in [0.2, 0.25) is 0 Å². The molecule has 0 saturated carbocycles. The highest BCUT2D eigenvalue weighted by Crippen LogP contribution is 2.25. The molecule has 1 N–H and O–H groups in total. The molecule has 3 aromatic rings. The van der Waals surface area contributed by atoms with E-state index in [1.165, 1.54) is 5.56 Å². The molecule has 4 rings (SSSR count). The summed E-state index contributed by atoms with van der Waals surface area (Å²) in [6.45, 7) is 2.73. The van der Waals surface area contributed by atoms with Gasteiger partial charge in [0, 0.05) is 17.6 Å². The molecule has 0 aliphatic carbocycles. The number of hydrogen-bond acceptors (Lipinski definition) is 2. The number of likely N-dealkylation sites (tertiary alicyclic amines) is 1. The Morgan fingerprint density at radius 1 is 0.933 bits per heavy atom. The van der Waals surface area contributed by atoms with Gasteiger partial charge in [0.2, 0.25) is 5.91 Å². The number of rotatable bonds is 6. The summed E-state index contributed by atoms with van der Waals surface area (Å²) in [7, 11) is 0. The number of benzene rings is 3. The predicted molar refractivity (Wildman–Crippen MR) is 125 cm³/mol. The molecule has 0 spiro atoms. The van der Waals surface area contributed by atoms with Crippen LogP contribution in [-0.4, -0.2) is 23.9 Å². The van der Waals surface area contributed by atoms with Crippen molar-refractivity contribution in [3.05, 3.63) is 106 Å². The van der Waals surface area contributed by atoms with Gasteiger partial charge < -0.3 is 5.32 Å². The summed E-state index contributed by atoms with van der Waals surface area (Å²) >= 11 is 3.49. The van der Waals surface area contributed by atoms with Crippen LogP contribution in [0.1, 0.15) is 35.6 Å². The second-order valence-electron chi connectivity index (χ2n) is 7.96. The second kappa shape index (κ2) is 10.1. The maximum atomic E-state index is 13.3. The Morgan fingerprint density at radius 2 is 1.53 bits per heavy atom. The van der Waals surface area contributed by atoms with Gasteiger partial charge in [0.1, 0.15) is 0 Å². The Hall–Kier alpha value is -2.43. The van der Waals surface area contributed by atoms with Crippen LogP contribution < -0.4 is 5.32 Å². The smallest absolute Gasteiger partial charge is 0.225 e. The molecule has 1 fully saturated rings. The number of carbonyl (C=O) groups is 1. The van der Waals surface area contributed by atoms with Crippen molar-refractivity contribution in [1.29, 1.82) is 0 Å². The van der Waals surface area contributed by atoms with E-state index in [0.29, 0.717) is 0 Å². The Bertz CT molecular complexity index is 904. The number of carbonyl (C=O) groups excluding carboxylic acids is 1. The van der Waals surface area contributed by atoms with Crippen LogP contribution >= 0.6 is 15.9 Å². The highest BCUT2D eigenvalue weighted by molar-refractivity contribution is 9.10. The fraction of sp³-hybridized carbons (Fsp3) is 0.269. The Kier molecular flexibility index (Phi) is 6.98. The lowest BCUT2D eigenvalue weighted by atomic mass is 9.94. The van der Waals surface area contributed by atoms with E-state index in [0.717, 1.165) is 48.1 Å². The molecular formula is C26H27BrN2O. The zero-order valence-electron chi connectivity index (χ0n) is 17.0. The average Bonchev–Trinajstić information content (AvgIpc) is 2.80. The van der Waals surface area contributed by atoms with Crippen LogP contribution in [0, 0.1) is 5.92 Å². The molecule has 1 aliphatic heterocycles. The molecular weight excluding hydrogens is 436 g/mol. The second-order valence-corrected chi connectivity index (χ2v) is 8.88. The van der Waals surface area contributed by atoms with Gasteiger partial charge in [-0.2, -0.15) is 0 Å². The number of halogens is 1. The minimum Gasteiger partial charge on any atom is -0.345 e. The van der Waals surface area contributed by atoms with Crippen molar-refractivity contribution in [3.8, 4) is 0 Å². The van der Waals surface area contributed by atoms with E-state index in [4.69, 9.17) is 0 Å². The summed E-state index contributed by atoms with van der Waals surface area (Å²) in [5.74, 6) is 0.164. The van der Waals surface area contributed by atoms with Crippen molar-refractivity contribution in [2.75, 3.05) is 13.1 Å². The molecule has 0 radical (unpaired) electrons. The van der Waals surface area contributed by atoms with Crippen LogP contribution in [0.4, 0.5) is 0 Å². The van der Waals surface area contributed by atoms with Crippen molar-refractivity contribution in [2.24, 2.45) is 5.92 Å². The third-order valence-corrected chi connectivity index (χ3v) is 6.28. The first-order valence-corrected chi connectivity index (χ1v) is 11.4. The van der Waals surface area contributed by atoms with Crippen LogP contribution in [0.5, 0.6) is 0 Å². The van der Waals surface area contributed by atoms with Gasteiger partial charge in [-0.15, -0.1) is 0 Å². The van der Waals surface area contributed by atoms with E-state index in [9.17, 15) is 4.79 Å². The average molecular weight is 463 g/mol. The van der Waals surface area contributed by atoms with Gasteiger partial charge in [-0.05, 0) is 48.2 Å². The van der Waals surface area contributed by atoms with Crippen LogP contribution in [0.3, 0.4) is 0 Å². The molecule has 3 aromatic carbocycles. The molecule has 1 heterocycles. The van der Waals surface area contributed by atoms with Crippen molar-refractivity contribution in [1.82, 2.24) is 10.2 Å². The summed E-state index contributed by atoms with van der Waals surface area (Å²) < 4.78 is 1.09. The molecule has 1 atom stereocenters. The Balaban J connectivity index is 1.45. The summed E-state index contributed by atoms with van der Waals surface area (Å²) in [4.78, 5) is 15.7. The Morgan fingerprint density at radius 3 is 2.13 bits per heavy atom. The number of nitrogens with one attached hydrogen (secondary N) is 1. The lowest BCUT2D eigenvalue weighted by Gasteiger charge is -2.33. The summed E-state index contributed by atoms with van der Waals surface area (Å²) in [6.07, 6.45) is 1.99. The number of nitrogens with zero attached hydrogens (tertiary/aromatic N) is 1. The summed E-state index contributed by atoms with van der Waals surface area (Å²) in [5, 5.41) is 3.34. The van der Waals surface area contributed by atoms with Gasteiger partial charge in [0.15, 0.2) is 0 Å². The largest absolute Gasteiger partial charge is 0.345 e. The topological polar surface area (TPSA) is 32.3 Å². The molecule has 30 heavy (non-hydrogen) atoms. The highest BCUT2D eigenvalue weighted by Gasteiger charge is 2.28. The fourth-order valence-corrected chi connectivity index (χ4v) is 4.44. The van der Waals surface area contributed by atoms with Crippen molar-refractivity contribution in [3.63, 3.8) is 0 Å². The molecule has 154 valence electrons. The van der Waals surface area contributed by atoms with Gasteiger partial charge in [-0.3, -0.25) is 9.69 Å². The maximum absolute atomic E-state index is 13.3. The van der Waals surface area contributed by atoms with Crippen molar-refractivity contribution < 1.29 is 4.79 Å². The van der Waals surface area contributed by atoms with Crippen LogP contribution in [-0.2, 0) is 11.3 Å². The zero-order chi connectivity index (χ0) is 20.8. The molecule has 1 saturated heterocycles. The van der Waals surface area contributed by atoms with E-state index in [1.807, 2.05) is 36.4 Å². The van der Waals surface area contributed by atoms with E-state index >= 15 is 0 Å². The normalized spacial score (nSPS) is 17.1. The van der Waals surface area contributed by atoms with Gasteiger partial charge in [0.05, 0.1) is 12.0 Å². The Labute approximate surface area is 187 Å². The first kappa shape index (κ1) is 20.8.